The monoisotopic (exact) mass is 267 g/mol. The van der Waals surface area contributed by atoms with E-state index in [9.17, 15) is 9.59 Å². The molecule has 0 aliphatic heterocycles. The van der Waals surface area contributed by atoms with Gasteiger partial charge in [0.25, 0.3) is 5.91 Å². The van der Waals surface area contributed by atoms with Gasteiger partial charge in [0, 0.05) is 18.3 Å². The molecule has 0 bridgehead atoms. The number of nitrogens with zero attached hydrogens (tertiary/aromatic N) is 1. The Balaban J connectivity index is 2.66. The lowest BCUT2D eigenvalue weighted by molar-refractivity contribution is -0.124. The standard InChI is InChI=1S/C13H21N3O3/c1-8(2)15-12(17)7-19-13(18)11-5-10(14)6-16(11)9(3)4/h5-6,8-9H,7,14H2,1-4H3,(H,15,17). The molecule has 0 unspecified atom stereocenters. The van der Waals surface area contributed by atoms with Crippen molar-refractivity contribution in [2.75, 3.05) is 12.3 Å². The third-order valence-electron chi connectivity index (χ3n) is 2.42. The SMILES string of the molecule is CC(C)NC(=O)COC(=O)c1cc(N)cn1C(C)C. The van der Waals surface area contributed by atoms with E-state index in [1.54, 1.807) is 16.8 Å². The second kappa shape index (κ2) is 6.26. The molecule has 0 aliphatic rings. The van der Waals surface area contributed by atoms with Crippen LogP contribution in [-0.4, -0.2) is 29.1 Å². The van der Waals surface area contributed by atoms with Gasteiger partial charge in [-0.15, -0.1) is 0 Å². The van der Waals surface area contributed by atoms with Crippen LogP contribution in [0.4, 0.5) is 5.69 Å². The first kappa shape index (κ1) is 15.1. The molecule has 0 saturated heterocycles. The van der Waals surface area contributed by atoms with Crippen LogP contribution in [0.1, 0.15) is 44.2 Å². The number of hydrogen-bond donors (Lipinski definition) is 2. The van der Waals surface area contributed by atoms with Gasteiger partial charge >= 0.3 is 5.97 Å². The van der Waals surface area contributed by atoms with E-state index in [-0.39, 0.29) is 24.6 Å². The van der Waals surface area contributed by atoms with Gasteiger partial charge in [-0.1, -0.05) is 0 Å². The van der Waals surface area contributed by atoms with Gasteiger partial charge in [0.15, 0.2) is 6.61 Å². The average molecular weight is 267 g/mol. The third-order valence-corrected chi connectivity index (χ3v) is 2.42. The number of esters is 1. The van der Waals surface area contributed by atoms with Crippen molar-refractivity contribution in [3.8, 4) is 0 Å². The van der Waals surface area contributed by atoms with Gasteiger partial charge in [0.1, 0.15) is 5.69 Å². The van der Waals surface area contributed by atoms with Crippen molar-refractivity contribution in [2.45, 2.75) is 39.8 Å². The van der Waals surface area contributed by atoms with E-state index in [0.717, 1.165) is 0 Å². The van der Waals surface area contributed by atoms with Crippen molar-refractivity contribution < 1.29 is 14.3 Å². The summed E-state index contributed by atoms with van der Waals surface area (Å²) in [7, 11) is 0. The fourth-order valence-electron chi connectivity index (χ4n) is 1.66. The summed E-state index contributed by atoms with van der Waals surface area (Å²) >= 11 is 0. The molecule has 0 aliphatic carbocycles. The maximum atomic E-state index is 11.9. The van der Waals surface area contributed by atoms with Crippen LogP contribution in [0.15, 0.2) is 12.3 Å². The first-order valence-corrected chi connectivity index (χ1v) is 6.25. The molecule has 1 aromatic rings. The second-order valence-electron chi connectivity index (χ2n) is 4.96. The molecule has 6 heteroatoms. The highest BCUT2D eigenvalue weighted by atomic mass is 16.5. The van der Waals surface area contributed by atoms with E-state index in [0.29, 0.717) is 11.4 Å². The quantitative estimate of drug-likeness (QED) is 0.788. The molecule has 1 rings (SSSR count). The van der Waals surface area contributed by atoms with Crippen molar-refractivity contribution in [3.63, 3.8) is 0 Å². The maximum absolute atomic E-state index is 11.9. The molecule has 0 fully saturated rings. The zero-order valence-corrected chi connectivity index (χ0v) is 11.8. The normalized spacial score (nSPS) is 10.8. The Hall–Kier alpha value is -1.98. The number of rotatable bonds is 5. The number of hydrogen-bond acceptors (Lipinski definition) is 4. The van der Waals surface area contributed by atoms with Crippen LogP contribution in [-0.2, 0) is 9.53 Å². The highest BCUT2D eigenvalue weighted by Gasteiger charge is 2.17. The smallest absolute Gasteiger partial charge is 0.355 e. The Morgan fingerprint density at radius 3 is 2.53 bits per heavy atom. The minimum Gasteiger partial charge on any atom is -0.451 e. The zero-order chi connectivity index (χ0) is 14.6. The van der Waals surface area contributed by atoms with E-state index in [1.165, 1.54) is 0 Å². The van der Waals surface area contributed by atoms with E-state index >= 15 is 0 Å². The molecule has 0 spiro atoms. The first-order chi connectivity index (χ1) is 8.81. The molecule has 106 valence electrons. The molecule has 0 radical (unpaired) electrons. The third kappa shape index (κ3) is 4.31. The molecular formula is C13H21N3O3. The van der Waals surface area contributed by atoms with Crippen LogP contribution in [0.25, 0.3) is 0 Å². The molecule has 1 amide bonds. The van der Waals surface area contributed by atoms with Gasteiger partial charge in [0.2, 0.25) is 0 Å². The van der Waals surface area contributed by atoms with Crippen molar-refractivity contribution >= 4 is 17.6 Å². The number of carbonyl (C=O) groups is 2. The Kier molecular flexibility index (Phi) is 4.97. The lowest BCUT2D eigenvalue weighted by Gasteiger charge is -2.12. The highest BCUT2D eigenvalue weighted by Crippen LogP contribution is 2.17. The minimum absolute atomic E-state index is 0.0152. The van der Waals surface area contributed by atoms with Crippen LogP contribution in [0.2, 0.25) is 0 Å². The van der Waals surface area contributed by atoms with E-state index in [2.05, 4.69) is 5.32 Å². The van der Waals surface area contributed by atoms with Crippen molar-refractivity contribution in [3.05, 3.63) is 18.0 Å². The molecule has 19 heavy (non-hydrogen) atoms. The molecule has 6 nitrogen and oxygen atoms in total. The largest absolute Gasteiger partial charge is 0.451 e. The topological polar surface area (TPSA) is 86.3 Å². The first-order valence-electron chi connectivity index (χ1n) is 6.25. The molecular weight excluding hydrogens is 246 g/mol. The molecule has 3 N–H and O–H groups in total. The summed E-state index contributed by atoms with van der Waals surface area (Å²) in [5.41, 5.74) is 6.51. The van der Waals surface area contributed by atoms with Crippen molar-refractivity contribution in [1.29, 1.82) is 0 Å². The van der Waals surface area contributed by atoms with Crippen LogP contribution in [0.3, 0.4) is 0 Å². The Morgan fingerprint density at radius 2 is 2.00 bits per heavy atom. The Labute approximate surface area is 112 Å². The van der Waals surface area contributed by atoms with E-state index in [1.807, 2.05) is 27.7 Å². The Bertz CT molecular complexity index is 464. The second-order valence-corrected chi connectivity index (χ2v) is 4.96. The lowest BCUT2D eigenvalue weighted by atomic mass is 10.3. The van der Waals surface area contributed by atoms with Gasteiger partial charge in [-0.2, -0.15) is 0 Å². The number of ether oxygens (including phenoxy) is 1. The van der Waals surface area contributed by atoms with Crippen molar-refractivity contribution in [1.82, 2.24) is 9.88 Å². The molecule has 0 atom stereocenters. The van der Waals surface area contributed by atoms with Crippen LogP contribution in [0, 0.1) is 0 Å². The van der Waals surface area contributed by atoms with Gasteiger partial charge in [-0.25, -0.2) is 4.79 Å². The molecule has 0 saturated carbocycles. The summed E-state index contributed by atoms with van der Waals surface area (Å²) in [5.74, 6) is -0.872. The number of aromatic nitrogens is 1. The fourth-order valence-corrected chi connectivity index (χ4v) is 1.66. The van der Waals surface area contributed by atoms with Crippen LogP contribution < -0.4 is 11.1 Å². The summed E-state index contributed by atoms with van der Waals surface area (Å²) in [5, 5.41) is 2.64. The number of nitrogen functional groups attached to an aromatic ring is 1. The van der Waals surface area contributed by atoms with E-state index < -0.39 is 5.97 Å². The minimum atomic E-state index is -0.552. The van der Waals surface area contributed by atoms with Gasteiger partial charge < -0.3 is 20.4 Å². The maximum Gasteiger partial charge on any atom is 0.355 e. The highest BCUT2D eigenvalue weighted by molar-refractivity contribution is 5.91. The fraction of sp³-hybridized carbons (Fsp3) is 0.538. The number of carbonyl (C=O) groups excluding carboxylic acids is 2. The number of nitrogens with one attached hydrogen (secondary N) is 1. The summed E-state index contributed by atoms with van der Waals surface area (Å²) in [4.78, 5) is 23.3. The lowest BCUT2D eigenvalue weighted by Crippen LogP contribution is -2.34. The molecule has 0 aromatic carbocycles. The van der Waals surface area contributed by atoms with Gasteiger partial charge in [-0.3, -0.25) is 4.79 Å². The molecule has 1 aromatic heterocycles. The van der Waals surface area contributed by atoms with Crippen molar-refractivity contribution in [2.24, 2.45) is 0 Å². The summed E-state index contributed by atoms with van der Waals surface area (Å²) < 4.78 is 6.69. The Morgan fingerprint density at radius 1 is 1.37 bits per heavy atom. The van der Waals surface area contributed by atoms with Crippen LogP contribution in [0.5, 0.6) is 0 Å². The number of nitrogens with two attached hydrogens (primary N) is 1. The van der Waals surface area contributed by atoms with Crippen LogP contribution >= 0.6 is 0 Å². The van der Waals surface area contributed by atoms with Gasteiger partial charge in [-0.05, 0) is 33.8 Å². The zero-order valence-electron chi connectivity index (χ0n) is 11.8. The summed E-state index contributed by atoms with van der Waals surface area (Å²) in [6.07, 6.45) is 1.68. The molecule has 1 heterocycles. The average Bonchev–Trinajstić information content (AvgIpc) is 2.67. The van der Waals surface area contributed by atoms with Gasteiger partial charge in [0.05, 0.1) is 5.69 Å². The summed E-state index contributed by atoms with van der Waals surface area (Å²) in [6, 6.07) is 1.65. The predicted molar refractivity (Wildman–Crippen MR) is 72.8 cm³/mol. The number of amides is 1. The number of anilines is 1. The van der Waals surface area contributed by atoms with E-state index in [4.69, 9.17) is 10.5 Å². The predicted octanol–water partition coefficient (Wildman–Crippen LogP) is 1.33. The summed E-state index contributed by atoms with van der Waals surface area (Å²) in [6.45, 7) is 7.25.